The van der Waals surface area contributed by atoms with E-state index in [-0.39, 0.29) is 0 Å². The molecule has 0 saturated heterocycles. The molecule has 0 radical (unpaired) electrons. The number of nitrogens with zero attached hydrogens (tertiary/aromatic N) is 2. The Kier molecular flexibility index (Phi) is 4.39. The molecule has 4 heteroatoms. The molecule has 0 spiro atoms. The third kappa shape index (κ3) is 3.34. The van der Waals surface area contributed by atoms with Crippen molar-refractivity contribution in [3.8, 4) is 0 Å². The third-order valence-electron chi connectivity index (χ3n) is 3.85. The van der Waals surface area contributed by atoms with Gasteiger partial charge in [0.1, 0.15) is 17.5 Å². The van der Waals surface area contributed by atoms with Crippen molar-refractivity contribution in [1.29, 1.82) is 0 Å². The highest BCUT2D eigenvalue weighted by Gasteiger charge is 2.22. The van der Waals surface area contributed by atoms with E-state index in [1.807, 2.05) is 6.07 Å². The summed E-state index contributed by atoms with van der Waals surface area (Å²) in [6.45, 7) is 5.47. The summed E-state index contributed by atoms with van der Waals surface area (Å²) in [5, 5.41) is 3.43. The molecular formula is C14H24N4. The average Bonchev–Trinajstić information content (AvgIpc) is 2.72. The van der Waals surface area contributed by atoms with Crippen LogP contribution in [0, 0.1) is 11.8 Å². The van der Waals surface area contributed by atoms with Crippen LogP contribution in [0.15, 0.2) is 6.07 Å². The van der Waals surface area contributed by atoms with Crippen LogP contribution in [0.4, 0.5) is 11.6 Å². The molecule has 1 aliphatic rings. The van der Waals surface area contributed by atoms with Crippen LogP contribution < -0.4 is 11.1 Å². The largest absolute Gasteiger partial charge is 0.384 e. The van der Waals surface area contributed by atoms with Gasteiger partial charge in [-0.1, -0.05) is 26.7 Å². The van der Waals surface area contributed by atoms with Crippen LogP contribution in [0.5, 0.6) is 0 Å². The lowest BCUT2D eigenvalue weighted by Gasteiger charge is -2.16. The topological polar surface area (TPSA) is 63.8 Å². The summed E-state index contributed by atoms with van der Waals surface area (Å²) in [5.41, 5.74) is 5.81. The highest BCUT2D eigenvalue weighted by atomic mass is 15.0. The number of aromatic nitrogens is 2. The Morgan fingerprint density at radius 2 is 2.22 bits per heavy atom. The van der Waals surface area contributed by atoms with Crippen molar-refractivity contribution in [1.82, 2.24) is 9.97 Å². The van der Waals surface area contributed by atoms with E-state index >= 15 is 0 Å². The van der Waals surface area contributed by atoms with Crippen LogP contribution in [0.25, 0.3) is 0 Å². The van der Waals surface area contributed by atoms with E-state index < -0.39 is 0 Å². The minimum atomic E-state index is 0.565. The molecule has 2 rings (SSSR count). The average molecular weight is 248 g/mol. The number of nitrogen functional groups attached to an aromatic ring is 1. The maximum Gasteiger partial charge on any atom is 0.133 e. The Labute approximate surface area is 109 Å². The first-order valence-corrected chi connectivity index (χ1v) is 7.06. The minimum Gasteiger partial charge on any atom is -0.384 e. The Balaban J connectivity index is 1.95. The van der Waals surface area contributed by atoms with Gasteiger partial charge in [-0.15, -0.1) is 0 Å². The van der Waals surface area contributed by atoms with Crippen LogP contribution in [0.2, 0.25) is 0 Å². The molecule has 2 unspecified atom stereocenters. The number of anilines is 2. The third-order valence-corrected chi connectivity index (χ3v) is 3.85. The molecule has 0 bridgehead atoms. The van der Waals surface area contributed by atoms with Gasteiger partial charge >= 0.3 is 0 Å². The van der Waals surface area contributed by atoms with Gasteiger partial charge in [-0.2, -0.15) is 0 Å². The van der Waals surface area contributed by atoms with Crippen molar-refractivity contribution in [2.24, 2.45) is 11.8 Å². The molecule has 1 aromatic rings. The lowest BCUT2D eigenvalue weighted by atomic mass is 9.98. The van der Waals surface area contributed by atoms with Gasteiger partial charge in [-0.25, -0.2) is 9.97 Å². The number of hydrogen-bond acceptors (Lipinski definition) is 4. The summed E-state index contributed by atoms with van der Waals surface area (Å²) in [6, 6.07) is 1.83. The Bertz CT molecular complexity index is 391. The van der Waals surface area contributed by atoms with Gasteiger partial charge in [-0.05, 0) is 24.7 Å². The number of nitrogens with one attached hydrogen (secondary N) is 1. The number of aryl methyl sites for hydroxylation is 1. The van der Waals surface area contributed by atoms with E-state index in [1.165, 1.54) is 19.3 Å². The molecule has 1 aromatic heterocycles. The molecular weight excluding hydrogens is 224 g/mol. The van der Waals surface area contributed by atoms with Gasteiger partial charge in [0.15, 0.2) is 0 Å². The zero-order valence-corrected chi connectivity index (χ0v) is 11.4. The predicted molar refractivity (Wildman–Crippen MR) is 75.4 cm³/mol. The van der Waals surface area contributed by atoms with Crippen LogP contribution in [-0.2, 0) is 6.42 Å². The van der Waals surface area contributed by atoms with E-state index in [9.17, 15) is 0 Å². The fourth-order valence-corrected chi connectivity index (χ4v) is 2.70. The molecule has 1 saturated carbocycles. The van der Waals surface area contributed by atoms with Gasteiger partial charge in [0.2, 0.25) is 0 Å². The second-order valence-electron chi connectivity index (χ2n) is 5.39. The molecule has 3 N–H and O–H groups in total. The quantitative estimate of drug-likeness (QED) is 0.841. The molecule has 0 amide bonds. The van der Waals surface area contributed by atoms with E-state index in [0.29, 0.717) is 5.82 Å². The molecule has 1 aliphatic carbocycles. The van der Waals surface area contributed by atoms with Crippen LogP contribution in [-0.4, -0.2) is 16.5 Å². The van der Waals surface area contributed by atoms with E-state index in [0.717, 1.165) is 42.9 Å². The fourth-order valence-electron chi connectivity index (χ4n) is 2.70. The highest BCUT2D eigenvalue weighted by molar-refractivity contribution is 5.44. The minimum absolute atomic E-state index is 0.565. The van der Waals surface area contributed by atoms with Crippen molar-refractivity contribution in [3.63, 3.8) is 0 Å². The molecule has 4 nitrogen and oxygen atoms in total. The Morgan fingerprint density at radius 3 is 2.89 bits per heavy atom. The summed E-state index contributed by atoms with van der Waals surface area (Å²) in [4.78, 5) is 8.75. The highest BCUT2D eigenvalue weighted by Crippen LogP contribution is 2.31. The van der Waals surface area contributed by atoms with E-state index in [2.05, 4.69) is 29.1 Å². The summed E-state index contributed by atoms with van der Waals surface area (Å²) in [5.74, 6) is 3.89. The zero-order chi connectivity index (χ0) is 13.0. The molecule has 1 fully saturated rings. The second-order valence-corrected chi connectivity index (χ2v) is 5.39. The number of rotatable bonds is 5. The first-order valence-electron chi connectivity index (χ1n) is 7.06. The predicted octanol–water partition coefficient (Wildman–Crippen LogP) is 2.86. The summed E-state index contributed by atoms with van der Waals surface area (Å²) in [6.07, 6.45) is 5.98. The van der Waals surface area contributed by atoms with Crippen molar-refractivity contribution >= 4 is 11.6 Å². The van der Waals surface area contributed by atoms with Gasteiger partial charge in [0.25, 0.3) is 0 Å². The smallest absolute Gasteiger partial charge is 0.133 e. The second kappa shape index (κ2) is 6.03. The van der Waals surface area contributed by atoms with Crippen molar-refractivity contribution < 1.29 is 0 Å². The van der Waals surface area contributed by atoms with Crippen molar-refractivity contribution in [2.45, 2.75) is 46.0 Å². The molecule has 2 atom stereocenters. The van der Waals surface area contributed by atoms with Gasteiger partial charge in [-0.3, -0.25) is 0 Å². The lowest BCUT2D eigenvalue weighted by Crippen LogP contribution is -2.17. The summed E-state index contributed by atoms with van der Waals surface area (Å²) in [7, 11) is 0. The number of nitrogens with two attached hydrogens (primary N) is 1. The van der Waals surface area contributed by atoms with Crippen LogP contribution >= 0.6 is 0 Å². The van der Waals surface area contributed by atoms with Gasteiger partial charge < -0.3 is 11.1 Å². The van der Waals surface area contributed by atoms with Gasteiger partial charge in [0, 0.05) is 19.0 Å². The summed E-state index contributed by atoms with van der Waals surface area (Å²) < 4.78 is 0. The maximum atomic E-state index is 5.81. The van der Waals surface area contributed by atoms with E-state index in [4.69, 9.17) is 5.73 Å². The Hall–Kier alpha value is -1.32. The van der Waals surface area contributed by atoms with Crippen molar-refractivity contribution in [2.75, 3.05) is 17.6 Å². The monoisotopic (exact) mass is 248 g/mol. The molecule has 18 heavy (non-hydrogen) atoms. The molecule has 100 valence electrons. The van der Waals surface area contributed by atoms with Crippen LogP contribution in [0.3, 0.4) is 0 Å². The first kappa shape index (κ1) is 13.1. The maximum absolute atomic E-state index is 5.81. The zero-order valence-electron chi connectivity index (χ0n) is 11.4. The molecule has 1 heterocycles. The van der Waals surface area contributed by atoms with Crippen LogP contribution in [0.1, 0.15) is 45.4 Å². The fraction of sp³-hybridized carbons (Fsp3) is 0.714. The standard InChI is InChI=1S/C14H24N4/c1-3-5-13-17-12(15)8-14(18-13)16-9-11-7-4-6-10(11)2/h8,10-11H,3-7,9H2,1-2H3,(H3,15,16,17,18). The lowest BCUT2D eigenvalue weighted by molar-refractivity contribution is 0.439. The summed E-state index contributed by atoms with van der Waals surface area (Å²) >= 11 is 0. The van der Waals surface area contributed by atoms with E-state index in [1.54, 1.807) is 0 Å². The SMILES string of the molecule is CCCc1nc(N)cc(NCC2CCCC2C)n1. The number of hydrogen-bond donors (Lipinski definition) is 2. The molecule has 0 aliphatic heterocycles. The Morgan fingerprint density at radius 1 is 1.39 bits per heavy atom. The normalized spacial score (nSPS) is 23.2. The van der Waals surface area contributed by atoms with Gasteiger partial charge in [0.05, 0.1) is 0 Å². The van der Waals surface area contributed by atoms with Crippen molar-refractivity contribution in [3.05, 3.63) is 11.9 Å². The first-order chi connectivity index (χ1) is 8.69. The molecule has 0 aromatic carbocycles.